The molecule has 3 aliphatic heterocycles. The van der Waals surface area contributed by atoms with Crippen LogP contribution >= 0.6 is 15.9 Å². The van der Waals surface area contributed by atoms with Crippen LogP contribution in [0.25, 0.3) is 0 Å². The molecule has 0 aromatic carbocycles. The highest BCUT2D eigenvalue weighted by molar-refractivity contribution is 9.09. The number of carbonyl (C=O) groups excluding carboxylic acids is 2. The molecule has 2 N–H and O–H groups in total. The topological polar surface area (TPSA) is 107 Å². The Morgan fingerprint density at radius 3 is 2.61 bits per heavy atom. The average molecular weight is 527 g/mol. The summed E-state index contributed by atoms with van der Waals surface area (Å²) in [6.07, 6.45) is 8.68. The number of rotatable bonds is 10. The number of halogens is 1. The van der Waals surface area contributed by atoms with Gasteiger partial charge in [-0.05, 0) is 38.5 Å². The summed E-state index contributed by atoms with van der Waals surface area (Å²) in [6, 6.07) is -0.736. The first kappa shape index (κ1) is 24.7. The largest absolute Gasteiger partial charge is 0.481 e. The van der Waals surface area contributed by atoms with Gasteiger partial charge in [0, 0.05) is 30.6 Å². The molecule has 8 nitrogen and oxygen atoms in total. The Kier molecular flexibility index (Phi) is 7.50. The van der Waals surface area contributed by atoms with Gasteiger partial charge in [0.05, 0.1) is 17.9 Å². The summed E-state index contributed by atoms with van der Waals surface area (Å²) < 4.78 is 6.34. The Labute approximate surface area is 203 Å². The lowest BCUT2D eigenvalue weighted by atomic mass is 9.70. The number of carboxylic acid groups (broad SMARTS) is 1. The van der Waals surface area contributed by atoms with Crippen LogP contribution in [0, 0.1) is 11.8 Å². The van der Waals surface area contributed by atoms with Crippen LogP contribution in [0.2, 0.25) is 0 Å². The number of hydrogen-bond acceptors (Lipinski definition) is 5. The smallest absolute Gasteiger partial charge is 0.310 e. The molecular weight excluding hydrogens is 492 g/mol. The fourth-order valence-corrected chi connectivity index (χ4v) is 7.55. The molecule has 3 saturated heterocycles. The summed E-state index contributed by atoms with van der Waals surface area (Å²) in [5, 5.41) is 19.1. The highest BCUT2D eigenvalue weighted by Crippen LogP contribution is 2.60. The van der Waals surface area contributed by atoms with E-state index >= 15 is 0 Å². The zero-order valence-electron chi connectivity index (χ0n) is 19.0. The number of hydrogen-bond donors (Lipinski definition) is 2. The standard InChI is InChI=1S/C24H35BrN2O6/c1-2-11-26(15-9-5-3-6-10-15)22(30)20-24-14-16(25)19(33-24)17(23(31)32)18(24)21(29)27(20)12-7-4-8-13-28/h2,15-20,28H,1,3-14H2,(H,31,32)/t16?,17-,18+,19-,20-,24+/m1/s1. The van der Waals surface area contributed by atoms with Gasteiger partial charge in [0.15, 0.2) is 0 Å². The Balaban J connectivity index is 1.69. The van der Waals surface area contributed by atoms with E-state index in [1.165, 1.54) is 0 Å². The van der Waals surface area contributed by atoms with E-state index in [1.807, 2.05) is 4.90 Å². The summed E-state index contributed by atoms with van der Waals surface area (Å²) in [6.45, 7) is 4.69. The molecule has 1 spiro atoms. The van der Waals surface area contributed by atoms with Crippen LogP contribution in [0.5, 0.6) is 0 Å². The quantitative estimate of drug-likeness (QED) is 0.257. The van der Waals surface area contributed by atoms with Gasteiger partial charge < -0.3 is 24.7 Å². The lowest BCUT2D eigenvalue weighted by Crippen LogP contribution is -2.58. The van der Waals surface area contributed by atoms with Gasteiger partial charge in [-0.2, -0.15) is 0 Å². The fourth-order valence-electron chi connectivity index (χ4n) is 6.61. The average Bonchev–Trinajstić information content (AvgIpc) is 3.39. The van der Waals surface area contributed by atoms with Gasteiger partial charge in [-0.3, -0.25) is 14.4 Å². The minimum Gasteiger partial charge on any atom is -0.481 e. The molecular formula is C24H35BrN2O6. The van der Waals surface area contributed by atoms with E-state index in [0.717, 1.165) is 38.5 Å². The van der Waals surface area contributed by atoms with E-state index in [2.05, 4.69) is 22.5 Å². The lowest BCUT2D eigenvalue weighted by molar-refractivity contribution is -0.151. The van der Waals surface area contributed by atoms with E-state index in [4.69, 9.17) is 9.84 Å². The summed E-state index contributed by atoms with van der Waals surface area (Å²) in [5.74, 6) is -3.29. The number of alkyl halides is 1. The fraction of sp³-hybridized carbons (Fsp3) is 0.792. The minimum atomic E-state index is -1.12. The third-order valence-electron chi connectivity index (χ3n) is 7.99. The maximum absolute atomic E-state index is 14.2. The predicted molar refractivity (Wildman–Crippen MR) is 125 cm³/mol. The molecule has 4 fully saturated rings. The molecule has 0 radical (unpaired) electrons. The van der Waals surface area contributed by atoms with Crippen LogP contribution in [0.3, 0.4) is 0 Å². The second-order valence-corrected chi connectivity index (χ2v) is 11.1. The molecule has 1 aliphatic carbocycles. The molecule has 33 heavy (non-hydrogen) atoms. The number of aliphatic hydroxyl groups is 1. The summed E-state index contributed by atoms with van der Waals surface area (Å²) in [5.41, 5.74) is -1.12. The molecule has 1 unspecified atom stereocenters. The Bertz CT molecular complexity index is 787. The third-order valence-corrected chi connectivity index (χ3v) is 8.83. The van der Waals surface area contributed by atoms with Gasteiger partial charge in [-0.1, -0.05) is 41.3 Å². The Hall–Kier alpha value is -1.45. The monoisotopic (exact) mass is 526 g/mol. The molecule has 3 heterocycles. The minimum absolute atomic E-state index is 0.0782. The molecule has 0 aromatic rings. The van der Waals surface area contributed by atoms with Gasteiger partial charge in [-0.25, -0.2) is 0 Å². The summed E-state index contributed by atoms with van der Waals surface area (Å²) in [7, 11) is 0. The number of fused-ring (bicyclic) bond motifs is 1. The van der Waals surface area contributed by atoms with Crippen molar-refractivity contribution >= 4 is 33.7 Å². The number of carboxylic acids is 1. The highest BCUT2D eigenvalue weighted by atomic mass is 79.9. The van der Waals surface area contributed by atoms with E-state index in [0.29, 0.717) is 32.4 Å². The van der Waals surface area contributed by atoms with Crippen molar-refractivity contribution in [3.8, 4) is 0 Å². The Morgan fingerprint density at radius 2 is 1.97 bits per heavy atom. The molecule has 4 aliphatic rings. The first-order valence-corrected chi connectivity index (χ1v) is 13.2. The second-order valence-electron chi connectivity index (χ2n) is 9.89. The van der Waals surface area contributed by atoms with Crippen molar-refractivity contribution in [1.29, 1.82) is 0 Å². The molecule has 184 valence electrons. The molecule has 9 heteroatoms. The van der Waals surface area contributed by atoms with Gasteiger partial charge in [0.1, 0.15) is 11.6 Å². The number of aliphatic carboxylic acids is 1. The summed E-state index contributed by atoms with van der Waals surface area (Å²) >= 11 is 3.58. The van der Waals surface area contributed by atoms with Crippen molar-refractivity contribution < 1.29 is 29.3 Å². The number of amides is 2. The van der Waals surface area contributed by atoms with Gasteiger partial charge >= 0.3 is 5.97 Å². The molecule has 2 bridgehead atoms. The van der Waals surface area contributed by atoms with E-state index in [9.17, 15) is 19.5 Å². The van der Waals surface area contributed by atoms with E-state index in [-0.39, 0.29) is 29.3 Å². The van der Waals surface area contributed by atoms with Crippen molar-refractivity contribution in [3.63, 3.8) is 0 Å². The van der Waals surface area contributed by atoms with Crippen LogP contribution in [0.1, 0.15) is 57.8 Å². The zero-order chi connectivity index (χ0) is 23.8. The van der Waals surface area contributed by atoms with Gasteiger partial charge in [0.2, 0.25) is 11.8 Å². The van der Waals surface area contributed by atoms with Crippen LogP contribution in [-0.4, -0.2) is 86.1 Å². The maximum Gasteiger partial charge on any atom is 0.310 e. The SMILES string of the molecule is C=CCN(C(=O)[C@H]1N(CCCCCO)C(=O)[C@@H]2[C@@H](C(=O)O)[C@@H]3O[C@@]21CC3Br)C1CCCCC1. The first-order chi connectivity index (χ1) is 15.9. The van der Waals surface area contributed by atoms with Crippen LogP contribution in [-0.2, 0) is 19.1 Å². The molecule has 6 atom stereocenters. The van der Waals surface area contributed by atoms with Crippen LogP contribution < -0.4 is 0 Å². The van der Waals surface area contributed by atoms with Crippen molar-refractivity contribution in [2.45, 2.75) is 86.4 Å². The third kappa shape index (κ3) is 4.14. The maximum atomic E-state index is 14.2. The first-order valence-electron chi connectivity index (χ1n) is 12.2. The second kappa shape index (κ2) is 10.0. The number of carbonyl (C=O) groups is 3. The van der Waals surface area contributed by atoms with Crippen LogP contribution in [0.15, 0.2) is 12.7 Å². The van der Waals surface area contributed by atoms with Crippen molar-refractivity contribution in [2.24, 2.45) is 11.8 Å². The predicted octanol–water partition coefficient (Wildman–Crippen LogP) is 2.33. The van der Waals surface area contributed by atoms with Gasteiger partial charge in [-0.15, -0.1) is 6.58 Å². The number of nitrogens with zero attached hydrogens (tertiary/aromatic N) is 2. The molecule has 0 aromatic heterocycles. The van der Waals surface area contributed by atoms with E-state index < -0.39 is 35.6 Å². The Morgan fingerprint density at radius 1 is 1.24 bits per heavy atom. The normalized spacial score (nSPS) is 35.6. The van der Waals surface area contributed by atoms with Crippen molar-refractivity contribution in [3.05, 3.63) is 12.7 Å². The lowest BCUT2D eigenvalue weighted by Gasteiger charge is -2.41. The van der Waals surface area contributed by atoms with E-state index in [1.54, 1.807) is 11.0 Å². The molecule has 4 rings (SSSR count). The van der Waals surface area contributed by atoms with Crippen molar-refractivity contribution in [1.82, 2.24) is 9.80 Å². The zero-order valence-corrected chi connectivity index (χ0v) is 20.6. The number of unbranched alkanes of at least 4 members (excludes halogenated alkanes) is 2. The molecule has 2 amide bonds. The number of likely N-dealkylation sites (tertiary alicyclic amines) is 1. The summed E-state index contributed by atoms with van der Waals surface area (Å²) in [4.78, 5) is 43.3. The number of ether oxygens (including phenoxy) is 1. The van der Waals surface area contributed by atoms with Gasteiger partial charge in [0.25, 0.3) is 0 Å². The number of aliphatic hydroxyl groups excluding tert-OH is 1. The highest BCUT2D eigenvalue weighted by Gasteiger charge is 2.76. The van der Waals surface area contributed by atoms with Crippen LogP contribution in [0.4, 0.5) is 0 Å². The van der Waals surface area contributed by atoms with Crippen molar-refractivity contribution in [2.75, 3.05) is 19.7 Å². The molecule has 1 saturated carbocycles.